The van der Waals surface area contributed by atoms with Gasteiger partial charge in [-0.3, -0.25) is 4.79 Å². The van der Waals surface area contributed by atoms with Gasteiger partial charge in [-0.05, 0) is 32.9 Å². The van der Waals surface area contributed by atoms with Crippen molar-refractivity contribution in [3.63, 3.8) is 0 Å². The van der Waals surface area contributed by atoms with Crippen molar-refractivity contribution in [1.29, 1.82) is 0 Å². The van der Waals surface area contributed by atoms with Crippen molar-refractivity contribution in [2.75, 3.05) is 32.4 Å². The highest BCUT2D eigenvalue weighted by Crippen LogP contribution is 2.49. The standard InChI is InChI=1S/C22H25N5O4S/c1-11-7-12(2)24-22(23-11)27-21-19(13(3)26-27)20(32-10-18(28)25-21)14-8-16(30-5)17(31-6)9-15(14)29-4/h7-9,20H,10H2,1-6H3,(H,25,28)/t20-/m1/s1. The van der Waals surface area contributed by atoms with Crippen LogP contribution in [0.5, 0.6) is 17.2 Å². The van der Waals surface area contributed by atoms with Crippen molar-refractivity contribution in [3.8, 4) is 23.2 Å². The number of anilines is 1. The average molecular weight is 456 g/mol. The molecular weight excluding hydrogens is 430 g/mol. The smallest absolute Gasteiger partial charge is 0.252 e. The van der Waals surface area contributed by atoms with Crippen molar-refractivity contribution in [2.45, 2.75) is 26.0 Å². The Morgan fingerprint density at radius 1 is 0.969 bits per heavy atom. The molecular formula is C22H25N5O4S. The summed E-state index contributed by atoms with van der Waals surface area (Å²) >= 11 is 1.50. The molecule has 0 fully saturated rings. The lowest BCUT2D eigenvalue weighted by atomic mass is 10.0. The van der Waals surface area contributed by atoms with Crippen molar-refractivity contribution in [2.24, 2.45) is 0 Å². The number of aryl methyl sites for hydroxylation is 3. The second-order valence-corrected chi connectivity index (χ2v) is 8.49. The zero-order valence-electron chi connectivity index (χ0n) is 18.8. The molecule has 0 aliphatic carbocycles. The summed E-state index contributed by atoms with van der Waals surface area (Å²) in [5.41, 5.74) is 4.13. The van der Waals surface area contributed by atoms with Gasteiger partial charge in [0.25, 0.3) is 5.95 Å². The van der Waals surface area contributed by atoms with Gasteiger partial charge in [0.15, 0.2) is 11.5 Å². The molecule has 0 spiro atoms. The van der Waals surface area contributed by atoms with Gasteiger partial charge in [-0.15, -0.1) is 11.8 Å². The molecule has 0 saturated carbocycles. The molecule has 0 bridgehead atoms. The van der Waals surface area contributed by atoms with Gasteiger partial charge in [-0.1, -0.05) is 0 Å². The van der Waals surface area contributed by atoms with E-state index >= 15 is 0 Å². The van der Waals surface area contributed by atoms with E-state index in [9.17, 15) is 4.79 Å². The third-order valence-electron chi connectivity index (χ3n) is 5.19. The molecule has 0 radical (unpaired) electrons. The van der Waals surface area contributed by atoms with Crippen LogP contribution < -0.4 is 19.5 Å². The SMILES string of the molecule is COc1cc(OC)c([C@H]2SCC(=O)Nc3c2c(C)nn3-c2nc(C)cc(C)n2)cc1OC. The van der Waals surface area contributed by atoms with E-state index in [-0.39, 0.29) is 16.9 Å². The quantitative estimate of drug-likeness (QED) is 0.625. The summed E-state index contributed by atoms with van der Waals surface area (Å²) in [5, 5.41) is 7.46. The van der Waals surface area contributed by atoms with Crippen LogP contribution in [-0.4, -0.2) is 52.7 Å². The molecule has 9 nitrogen and oxygen atoms in total. The number of methoxy groups -OCH3 is 3. The van der Waals surface area contributed by atoms with Crippen LogP contribution in [0, 0.1) is 20.8 Å². The van der Waals surface area contributed by atoms with Gasteiger partial charge < -0.3 is 19.5 Å². The lowest BCUT2D eigenvalue weighted by Crippen LogP contribution is -2.17. The summed E-state index contributed by atoms with van der Waals surface area (Å²) in [5.74, 6) is 2.90. The Bertz CT molecular complexity index is 1170. The average Bonchev–Trinajstić information content (AvgIpc) is 2.97. The molecule has 1 amide bonds. The molecule has 1 atom stereocenters. The third kappa shape index (κ3) is 3.86. The van der Waals surface area contributed by atoms with Crippen molar-refractivity contribution in [3.05, 3.63) is 46.4 Å². The summed E-state index contributed by atoms with van der Waals surface area (Å²) in [7, 11) is 4.78. The van der Waals surface area contributed by atoms with Gasteiger partial charge >= 0.3 is 0 Å². The summed E-state index contributed by atoms with van der Waals surface area (Å²) in [6.07, 6.45) is 0. The van der Waals surface area contributed by atoms with Crippen LogP contribution in [0.15, 0.2) is 18.2 Å². The number of nitrogens with one attached hydrogen (secondary N) is 1. The first kappa shape index (κ1) is 21.9. The minimum absolute atomic E-state index is 0.122. The number of rotatable bonds is 5. The predicted molar refractivity (Wildman–Crippen MR) is 122 cm³/mol. The Kier molecular flexibility index (Phi) is 5.96. The van der Waals surface area contributed by atoms with E-state index in [0.717, 1.165) is 28.2 Å². The first-order valence-corrected chi connectivity index (χ1v) is 11.0. The number of carbonyl (C=O) groups excluding carboxylic acids is 1. The molecule has 0 saturated heterocycles. The fourth-order valence-corrected chi connectivity index (χ4v) is 5.04. The lowest BCUT2D eigenvalue weighted by molar-refractivity contribution is -0.113. The number of hydrogen-bond donors (Lipinski definition) is 1. The number of aromatic nitrogens is 4. The number of fused-ring (bicyclic) bond motifs is 1. The highest BCUT2D eigenvalue weighted by Gasteiger charge is 2.33. The highest BCUT2D eigenvalue weighted by molar-refractivity contribution is 8.00. The molecule has 1 aromatic carbocycles. The zero-order chi connectivity index (χ0) is 23.0. The molecule has 1 aliphatic rings. The molecule has 3 heterocycles. The number of amides is 1. The maximum Gasteiger partial charge on any atom is 0.252 e. The number of hydrogen-bond acceptors (Lipinski definition) is 8. The van der Waals surface area contributed by atoms with E-state index in [4.69, 9.17) is 19.3 Å². The first-order chi connectivity index (χ1) is 15.4. The summed E-state index contributed by atoms with van der Waals surface area (Å²) in [6, 6.07) is 5.57. The molecule has 1 N–H and O–H groups in total. The normalized spacial score (nSPS) is 15.6. The number of benzene rings is 1. The fraction of sp³-hybridized carbons (Fsp3) is 0.364. The lowest BCUT2D eigenvalue weighted by Gasteiger charge is -2.20. The van der Waals surface area contributed by atoms with Gasteiger partial charge in [0.2, 0.25) is 5.91 Å². The maximum atomic E-state index is 12.6. The molecule has 2 aromatic heterocycles. The van der Waals surface area contributed by atoms with Gasteiger partial charge in [0.1, 0.15) is 11.6 Å². The van der Waals surface area contributed by atoms with Gasteiger partial charge in [-0.2, -0.15) is 9.78 Å². The van der Waals surface area contributed by atoms with E-state index in [1.54, 1.807) is 32.1 Å². The third-order valence-corrected chi connectivity index (χ3v) is 6.44. The van der Waals surface area contributed by atoms with Crippen LogP contribution in [0.3, 0.4) is 0 Å². The molecule has 32 heavy (non-hydrogen) atoms. The number of carbonyl (C=O) groups is 1. The van der Waals surface area contributed by atoms with Crippen molar-refractivity contribution < 1.29 is 19.0 Å². The van der Waals surface area contributed by atoms with Crippen LogP contribution in [0.25, 0.3) is 5.95 Å². The summed E-state index contributed by atoms with van der Waals surface area (Å²) < 4.78 is 18.2. The second kappa shape index (κ2) is 8.70. The first-order valence-electron chi connectivity index (χ1n) is 9.99. The van der Waals surface area contributed by atoms with E-state index < -0.39 is 0 Å². The topological polar surface area (TPSA) is 100 Å². The Hall–Kier alpha value is -3.27. The van der Waals surface area contributed by atoms with Gasteiger partial charge in [-0.25, -0.2) is 9.97 Å². The zero-order valence-corrected chi connectivity index (χ0v) is 19.7. The van der Waals surface area contributed by atoms with E-state index in [0.29, 0.717) is 29.0 Å². The molecule has 4 rings (SSSR count). The van der Waals surface area contributed by atoms with E-state index in [1.165, 1.54) is 11.8 Å². The Morgan fingerprint density at radius 2 is 1.59 bits per heavy atom. The van der Waals surface area contributed by atoms with Gasteiger partial charge in [0.05, 0.1) is 38.0 Å². The summed E-state index contributed by atoms with van der Waals surface area (Å²) in [6.45, 7) is 5.72. The fourth-order valence-electron chi connectivity index (χ4n) is 3.83. The molecule has 10 heteroatoms. The van der Waals surface area contributed by atoms with Crippen LogP contribution in [0.1, 0.15) is 33.5 Å². The maximum absolute atomic E-state index is 12.6. The minimum atomic E-state index is -0.238. The Balaban J connectivity index is 1.94. The Labute approximate surface area is 190 Å². The monoisotopic (exact) mass is 455 g/mol. The van der Waals surface area contributed by atoms with Crippen molar-refractivity contribution in [1.82, 2.24) is 19.7 Å². The molecule has 168 valence electrons. The number of thioether (sulfide) groups is 1. The van der Waals surface area contributed by atoms with Gasteiger partial charge in [0, 0.05) is 28.6 Å². The molecule has 1 aliphatic heterocycles. The highest BCUT2D eigenvalue weighted by atomic mass is 32.2. The molecule has 3 aromatic rings. The molecule has 0 unspecified atom stereocenters. The number of nitrogens with zero attached hydrogens (tertiary/aromatic N) is 4. The van der Waals surface area contributed by atoms with Crippen molar-refractivity contribution >= 4 is 23.5 Å². The number of ether oxygens (including phenoxy) is 3. The predicted octanol–water partition coefficient (Wildman–Crippen LogP) is 3.39. The Morgan fingerprint density at radius 3 is 2.22 bits per heavy atom. The van der Waals surface area contributed by atoms with Crippen LogP contribution >= 0.6 is 11.8 Å². The summed E-state index contributed by atoms with van der Waals surface area (Å²) in [4.78, 5) is 21.7. The largest absolute Gasteiger partial charge is 0.496 e. The second-order valence-electron chi connectivity index (χ2n) is 7.40. The van der Waals surface area contributed by atoms with Crippen LogP contribution in [0.4, 0.5) is 5.82 Å². The minimum Gasteiger partial charge on any atom is -0.496 e. The van der Waals surface area contributed by atoms with E-state index in [2.05, 4.69) is 15.3 Å². The van der Waals surface area contributed by atoms with E-state index in [1.807, 2.05) is 32.9 Å². The van der Waals surface area contributed by atoms with Crippen LogP contribution in [-0.2, 0) is 4.79 Å². The van der Waals surface area contributed by atoms with Crippen LogP contribution in [0.2, 0.25) is 0 Å².